The van der Waals surface area contributed by atoms with Crippen LogP contribution in [0.15, 0.2) is 24.5 Å². The van der Waals surface area contributed by atoms with E-state index in [1.54, 1.807) is 24.5 Å². The smallest absolute Gasteiger partial charge is 0.252 e. The Morgan fingerprint density at radius 1 is 1.32 bits per heavy atom. The zero-order valence-corrected chi connectivity index (χ0v) is 14.4. The van der Waals surface area contributed by atoms with E-state index in [1.165, 1.54) is 6.42 Å². The van der Waals surface area contributed by atoms with Crippen LogP contribution < -0.4 is 5.32 Å². The summed E-state index contributed by atoms with van der Waals surface area (Å²) >= 11 is 0. The summed E-state index contributed by atoms with van der Waals surface area (Å²) in [4.78, 5) is 30.2. The first-order valence-corrected chi connectivity index (χ1v) is 9.26. The van der Waals surface area contributed by atoms with E-state index in [0.29, 0.717) is 30.5 Å². The number of hydrogen-bond acceptors (Lipinski definition) is 4. The number of rotatable bonds is 4. The third-order valence-electron chi connectivity index (χ3n) is 5.83. The Morgan fingerprint density at radius 2 is 2.16 bits per heavy atom. The summed E-state index contributed by atoms with van der Waals surface area (Å²) in [5.74, 6) is 0.847. The van der Waals surface area contributed by atoms with Gasteiger partial charge in [0.2, 0.25) is 5.91 Å². The minimum absolute atomic E-state index is 0.0886. The fourth-order valence-electron chi connectivity index (χ4n) is 3.88. The minimum atomic E-state index is -0.122. The van der Waals surface area contributed by atoms with Crippen molar-refractivity contribution in [1.82, 2.24) is 15.2 Å². The molecule has 1 aromatic rings. The summed E-state index contributed by atoms with van der Waals surface area (Å²) in [6.45, 7) is 2.77. The highest BCUT2D eigenvalue weighted by Gasteiger charge is 2.49. The zero-order chi connectivity index (χ0) is 17.3. The van der Waals surface area contributed by atoms with Crippen molar-refractivity contribution in [2.75, 3.05) is 26.2 Å². The van der Waals surface area contributed by atoms with Crippen LogP contribution in [0.1, 0.15) is 42.5 Å². The molecule has 0 bridgehead atoms. The maximum Gasteiger partial charge on any atom is 0.252 e. The maximum absolute atomic E-state index is 12.2. The predicted molar refractivity (Wildman–Crippen MR) is 91.9 cm³/mol. The molecular weight excluding hydrogens is 318 g/mol. The van der Waals surface area contributed by atoms with Gasteiger partial charge in [-0.2, -0.15) is 0 Å². The van der Waals surface area contributed by atoms with Crippen molar-refractivity contribution < 1.29 is 14.3 Å². The van der Waals surface area contributed by atoms with Crippen LogP contribution in [0.4, 0.5) is 0 Å². The van der Waals surface area contributed by atoms with Gasteiger partial charge < -0.3 is 15.0 Å². The van der Waals surface area contributed by atoms with Crippen molar-refractivity contribution in [2.24, 2.45) is 11.8 Å². The Bertz CT molecular complexity index is 629. The van der Waals surface area contributed by atoms with Gasteiger partial charge in [-0.15, -0.1) is 0 Å². The van der Waals surface area contributed by atoms with E-state index in [-0.39, 0.29) is 17.4 Å². The van der Waals surface area contributed by atoms with E-state index in [0.717, 1.165) is 38.8 Å². The monoisotopic (exact) mass is 343 g/mol. The van der Waals surface area contributed by atoms with Gasteiger partial charge in [-0.25, -0.2) is 0 Å². The summed E-state index contributed by atoms with van der Waals surface area (Å²) in [6, 6.07) is 3.52. The molecule has 0 unspecified atom stereocenters. The quantitative estimate of drug-likeness (QED) is 0.902. The second kappa shape index (κ2) is 6.75. The standard InChI is InChI=1S/C19H25N3O3/c23-17(16-5-2-8-20-10-16)21-9-14-6-7-19(25-11-14)12-22(13-19)18(24)15-3-1-4-15/h2,5,8,10,14-15H,1,3-4,6-7,9,11-13H2,(H,21,23)/t14-/m0/s1. The molecule has 4 rings (SSSR count). The molecule has 3 aliphatic rings. The first-order valence-electron chi connectivity index (χ1n) is 9.26. The zero-order valence-electron chi connectivity index (χ0n) is 14.4. The summed E-state index contributed by atoms with van der Waals surface area (Å²) in [5.41, 5.74) is 0.461. The molecule has 134 valence electrons. The van der Waals surface area contributed by atoms with Crippen LogP contribution in [0.5, 0.6) is 0 Å². The normalized spacial score (nSPS) is 25.1. The lowest BCUT2D eigenvalue weighted by atomic mass is 9.79. The molecule has 2 aliphatic heterocycles. The Kier molecular flexibility index (Phi) is 4.46. The van der Waals surface area contributed by atoms with Crippen LogP contribution in [-0.2, 0) is 9.53 Å². The van der Waals surface area contributed by atoms with Crippen molar-refractivity contribution >= 4 is 11.8 Å². The number of carbonyl (C=O) groups is 2. The highest BCUT2D eigenvalue weighted by molar-refractivity contribution is 5.93. The number of ether oxygens (including phenoxy) is 1. The molecule has 6 nitrogen and oxygen atoms in total. The van der Waals surface area contributed by atoms with Gasteiger partial charge in [0.1, 0.15) is 5.60 Å². The van der Waals surface area contributed by atoms with Crippen LogP contribution >= 0.6 is 0 Å². The molecule has 2 amide bonds. The van der Waals surface area contributed by atoms with E-state index >= 15 is 0 Å². The number of hydrogen-bond donors (Lipinski definition) is 1. The Hall–Kier alpha value is -1.95. The van der Waals surface area contributed by atoms with Gasteiger partial charge in [0.15, 0.2) is 0 Å². The lowest BCUT2D eigenvalue weighted by Crippen LogP contribution is -2.67. The summed E-state index contributed by atoms with van der Waals surface area (Å²) in [6.07, 6.45) is 8.53. The minimum Gasteiger partial charge on any atom is -0.371 e. The van der Waals surface area contributed by atoms with Crippen molar-refractivity contribution in [3.63, 3.8) is 0 Å². The molecule has 3 fully saturated rings. The number of carbonyl (C=O) groups excluding carboxylic acids is 2. The first kappa shape index (κ1) is 16.5. The molecular formula is C19H25N3O3. The SMILES string of the molecule is O=C(NC[C@@H]1CCC2(CN(C(=O)C3CCC3)C2)OC1)c1cccnc1. The second-order valence-electron chi connectivity index (χ2n) is 7.67. The molecule has 3 heterocycles. The van der Waals surface area contributed by atoms with Crippen molar-refractivity contribution in [1.29, 1.82) is 0 Å². The average molecular weight is 343 g/mol. The molecule has 1 spiro atoms. The highest BCUT2D eigenvalue weighted by Crippen LogP contribution is 2.38. The average Bonchev–Trinajstić information content (AvgIpc) is 2.57. The highest BCUT2D eigenvalue weighted by atomic mass is 16.5. The summed E-state index contributed by atoms with van der Waals surface area (Å²) < 4.78 is 6.11. The largest absolute Gasteiger partial charge is 0.371 e. The van der Waals surface area contributed by atoms with E-state index < -0.39 is 0 Å². The molecule has 1 saturated carbocycles. The summed E-state index contributed by atoms with van der Waals surface area (Å²) in [7, 11) is 0. The number of amides is 2. The number of aromatic nitrogens is 1. The van der Waals surface area contributed by atoms with Crippen LogP contribution in [0.2, 0.25) is 0 Å². The van der Waals surface area contributed by atoms with Gasteiger partial charge in [-0.3, -0.25) is 14.6 Å². The maximum atomic E-state index is 12.2. The van der Waals surface area contributed by atoms with Gasteiger partial charge in [-0.1, -0.05) is 6.42 Å². The van der Waals surface area contributed by atoms with Crippen LogP contribution in [0.25, 0.3) is 0 Å². The number of pyridine rings is 1. The fourth-order valence-corrected chi connectivity index (χ4v) is 3.88. The third-order valence-corrected chi connectivity index (χ3v) is 5.83. The van der Waals surface area contributed by atoms with E-state index in [1.807, 2.05) is 4.90 Å². The molecule has 0 aromatic carbocycles. The van der Waals surface area contributed by atoms with Gasteiger partial charge >= 0.3 is 0 Å². The van der Waals surface area contributed by atoms with Crippen molar-refractivity contribution in [3.05, 3.63) is 30.1 Å². The fraction of sp³-hybridized carbons (Fsp3) is 0.632. The van der Waals surface area contributed by atoms with Crippen molar-refractivity contribution in [2.45, 2.75) is 37.7 Å². The molecule has 0 radical (unpaired) electrons. The molecule has 25 heavy (non-hydrogen) atoms. The molecule has 2 saturated heterocycles. The molecule has 1 N–H and O–H groups in total. The van der Waals surface area contributed by atoms with Gasteiger partial charge in [0, 0.05) is 24.9 Å². The van der Waals surface area contributed by atoms with Crippen LogP contribution in [0.3, 0.4) is 0 Å². The molecule has 1 aliphatic carbocycles. The Labute approximate surface area is 147 Å². The third kappa shape index (κ3) is 3.40. The molecule has 1 aromatic heterocycles. The van der Waals surface area contributed by atoms with Crippen molar-refractivity contribution in [3.8, 4) is 0 Å². The Balaban J connectivity index is 1.19. The van der Waals surface area contributed by atoms with Gasteiger partial charge in [0.05, 0.1) is 25.3 Å². The topological polar surface area (TPSA) is 71.5 Å². The number of nitrogens with one attached hydrogen (secondary N) is 1. The predicted octanol–water partition coefficient (Wildman–Crippen LogP) is 1.62. The number of likely N-dealkylation sites (tertiary alicyclic amines) is 1. The van der Waals surface area contributed by atoms with Gasteiger partial charge in [0.25, 0.3) is 5.91 Å². The second-order valence-corrected chi connectivity index (χ2v) is 7.67. The van der Waals surface area contributed by atoms with E-state index in [2.05, 4.69) is 10.3 Å². The Morgan fingerprint density at radius 3 is 2.76 bits per heavy atom. The number of nitrogens with zero attached hydrogens (tertiary/aromatic N) is 2. The first-order chi connectivity index (χ1) is 12.2. The van der Waals surface area contributed by atoms with Gasteiger partial charge in [-0.05, 0) is 43.7 Å². The summed E-state index contributed by atoms with van der Waals surface area (Å²) in [5, 5.41) is 2.97. The lowest BCUT2D eigenvalue weighted by Gasteiger charge is -2.54. The van der Waals surface area contributed by atoms with E-state index in [4.69, 9.17) is 4.74 Å². The molecule has 6 heteroatoms. The van der Waals surface area contributed by atoms with Crippen LogP contribution in [0, 0.1) is 11.8 Å². The molecule has 1 atom stereocenters. The van der Waals surface area contributed by atoms with E-state index in [9.17, 15) is 9.59 Å². The van der Waals surface area contributed by atoms with Crippen LogP contribution in [-0.4, -0.2) is 53.5 Å². The lowest BCUT2D eigenvalue weighted by molar-refractivity contribution is -0.192.